The lowest BCUT2D eigenvalue weighted by molar-refractivity contribution is -0.566. The Balaban J connectivity index is 1.10. The second-order valence-electron chi connectivity index (χ2n) is 11.9. The summed E-state index contributed by atoms with van der Waals surface area (Å²) in [5.41, 5.74) is 11.6. The van der Waals surface area contributed by atoms with Crippen molar-refractivity contribution in [2.24, 2.45) is 10.2 Å². The van der Waals surface area contributed by atoms with Gasteiger partial charge in [0.05, 0.1) is 12.8 Å². The highest BCUT2D eigenvalue weighted by atomic mass is 15.4. The second kappa shape index (κ2) is 12.3. The van der Waals surface area contributed by atoms with Crippen LogP contribution >= 0.6 is 0 Å². The van der Waals surface area contributed by atoms with Crippen LogP contribution in [0.1, 0.15) is 47.2 Å². The summed E-state index contributed by atoms with van der Waals surface area (Å²) in [6.45, 7) is 0. The molecular weight excluding hydrogens is 560 g/mol. The van der Waals surface area contributed by atoms with E-state index in [2.05, 4.69) is 179 Å². The molecule has 4 aromatic rings. The normalized spacial score (nSPS) is 20.5. The van der Waals surface area contributed by atoms with Crippen LogP contribution in [0.2, 0.25) is 0 Å². The Hall–Kier alpha value is -5.74. The first-order valence-electron chi connectivity index (χ1n) is 15.9. The van der Waals surface area contributed by atoms with Crippen molar-refractivity contribution >= 4 is 22.8 Å². The molecule has 0 saturated carbocycles. The van der Waals surface area contributed by atoms with E-state index in [9.17, 15) is 0 Å². The molecule has 220 valence electrons. The molecule has 2 aliphatic carbocycles. The average Bonchev–Trinajstić information content (AvgIpc) is 3.80. The van der Waals surface area contributed by atoms with Crippen molar-refractivity contribution in [1.29, 1.82) is 0 Å². The monoisotopic (exact) mass is 594 g/mol. The molecule has 2 aliphatic heterocycles. The first-order chi connectivity index (χ1) is 22.8. The molecule has 0 unspecified atom stereocenters. The summed E-state index contributed by atoms with van der Waals surface area (Å²) >= 11 is 0. The van der Waals surface area contributed by atoms with Gasteiger partial charge in [0.1, 0.15) is 11.4 Å². The molecule has 0 N–H and O–H groups in total. The van der Waals surface area contributed by atoms with Gasteiger partial charge >= 0.3 is 0 Å². The van der Waals surface area contributed by atoms with Crippen molar-refractivity contribution in [2.75, 3.05) is 0 Å². The Kier molecular flexibility index (Phi) is 7.45. The van der Waals surface area contributed by atoms with E-state index in [0.29, 0.717) is 0 Å². The molecule has 2 atom stereocenters. The highest BCUT2D eigenvalue weighted by Crippen LogP contribution is 2.32. The third-order valence-electron chi connectivity index (χ3n) is 9.00. The molecule has 4 aromatic carbocycles. The summed E-state index contributed by atoms with van der Waals surface area (Å²) in [6.07, 6.45) is 19.3. The SMILES string of the molecule is C1=CC(=[N+]2N=C(c3ccccc3)C[C@@H]2c2ccccc2)C=CC1=C1C=CC(=[N+]2N=C(c3ccccc3)C[C@@H]2c2ccccc2)C=C1. The fourth-order valence-corrected chi connectivity index (χ4v) is 6.59. The van der Waals surface area contributed by atoms with Crippen LogP contribution in [0.3, 0.4) is 0 Å². The topological polar surface area (TPSA) is 30.7 Å². The number of hydrogen-bond donors (Lipinski definition) is 0. The van der Waals surface area contributed by atoms with Gasteiger partial charge in [-0.2, -0.15) is 0 Å². The van der Waals surface area contributed by atoms with Gasteiger partial charge in [-0.25, -0.2) is 0 Å². The summed E-state index contributed by atoms with van der Waals surface area (Å²) in [4.78, 5) is 0. The lowest BCUT2D eigenvalue weighted by atomic mass is 9.96. The van der Waals surface area contributed by atoms with E-state index in [1.165, 1.54) is 33.4 Å². The molecule has 0 spiro atoms. The molecule has 0 amide bonds. The van der Waals surface area contributed by atoms with Crippen LogP contribution in [0, 0.1) is 0 Å². The molecular formula is C42H34N4+2. The summed E-state index contributed by atoms with van der Waals surface area (Å²) < 4.78 is 4.37. The minimum atomic E-state index is 0.154. The van der Waals surface area contributed by atoms with E-state index in [1.807, 2.05) is 0 Å². The first-order valence-corrected chi connectivity index (χ1v) is 15.9. The molecule has 46 heavy (non-hydrogen) atoms. The van der Waals surface area contributed by atoms with Gasteiger partial charge in [0.25, 0.3) is 0 Å². The van der Waals surface area contributed by atoms with Crippen molar-refractivity contribution in [3.8, 4) is 0 Å². The molecule has 4 aliphatic rings. The van der Waals surface area contributed by atoms with Crippen LogP contribution in [0.15, 0.2) is 191 Å². The molecule has 0 bridgehead atoms. The predicted molar refractivity (Wildman–Crippen MR) is 188 cm³/mol. The van der Waals surface area contributed by atoms with Crippen molar-refractivity contribution in [3.05, 3.63) is 203 Å². The predicted octanol–water partition coefficient (Wildman–Crippen LogP) is 8.54. The van der Waals surface area contributed by atoms with Crippen LogP contribution in [0.25, 0.3) is 0 Å². The number of benzene rings is 4. The van der Waals surface area contributed by atoms with Gasteiger partial charge in [-0.3, -0.25) is 0 Å². The van der Waals surface area contributed by atoms with Crippen molar-refractivity contribution in [1.82, 2.24) is 0 Å². The van der Waals surface area contributed by atoms with Crippen LogP contribution in [-0.4, -0.2) is 32.2 Å². The Morgan fingerprint density at radius 2 is 0.717 bits per heavy atom. The molecule has 0 fully saturated rings. The average molecular weight is 595 g/mol. The number of allylic oxidation sites excluding steroid dienone is 10. The number of nitrogens with zero attached hydrogens (tertiary/aromatic N) is 4. The molecule has 0 radical (unpaired) electrons. The summed E-state index contributed by atoms with van der Waals surface area (Å²) in [5, 5.41) is 10.3. The third kappa shape index (κ3) is 5.50. The fraction of sp³-hybridized carbons (Fsp3) is 0.0952. The quantitative estimate of drug-likeness (QED) is 0.212. The maximum atomic E-state index is 5.14. The minimum Gasteiger partial charge on any atom is -0.0766 e. The van der Waals surface area contributed by atoms with Gasteiger partial charge in [-0.15, -0.1) is 0 Å². The van der Waals surface area contributed by atoms with E-state index in [-0.39, 0.29) is 12.1 Å². The largest absolute Gasteiger partial charge is 0.232 e. The van der Waals surface area contributed by atoms with Crippen LogP contribution in [0.5, 0.6) is 0 Å². The lowest BCUT2D eigenvalue weighted by Crippen LogP contribution is -2.17. The van der Waals surface area contributed by atoms with Crippen LogP contribution in [0.4, 0.5) is 0 Å². The molecule has 8 rings (SSSR count). The van der Waals surface area contributed by atoms with Crippen LogP contribution in [-0.2, 0) is 0 Å². The van der Waals surface area contributed by atoms with Crippen LogP contribution < -0.4 is 0 Å². The highest BCUT2D eigenvalue weighted by molar-refractivity contribution is 6.06. The van der Waals surface area contributed by atoms with Crippen molar-refractivity contribution in [2.45, 2.75) is 24.9 Å². The summed E-state index contributed by atoms with van der Waals surface area (Å²) in [6, 6.07) is 42.7. The second-order valence-corrected chi connectivity index (χ2v) is 11.9. The number of hydrazone groups is 2. The molecule has 4 nitrogen and oxygen atoms in total. The Morgan fingerprint density at radius 3 is 1.07 bits per heavy atom. The third-order valence-corrected chi connectivity index (χ3v) is 9.00. The van der Waals surface area contributed by atoms with E-state index in [0.717, 1.165) is 35.7 Å². The maximum absolute atomic E-state index is 5.14. The zero-order valence-electron chi connectivity index (χ0n) is 25.5. The van der Waals surface area contributed by atoms with Crippen molar-refractivity contribution in [3.63, 3.8) is 0 Å². The smallest absolute Gasteiger partial charge is 0.0766 e. The van der Waals surface area contributed by atoms with Gasteiger partial charge < -0.3 is 0 Å². The van der Waals surface area contributed by atoms with E-state index in [1.54, 1.807) is 0 Å². The van der Waals surface area contributed by atoms with Gasteiger partial charge in [0.2, 0.25) is 23.5 Å². The Morgan fingerprint density at radius 1 is 0.391 bits per heavy atom. The summed E-state index contributed by atoms with van der Waals surface area (Å²) in [7, 11) is 0. The molecule has 2 heterocycles. The van der Waals surface area contributed by atoms with Gasteiger partial charge in [0, 0.05) is 46.6 Å². The number of rotatable bonds is 4. The minimum absolute atomic E-state index is 0.154. The standard InChI is InChI=1S/C42H34N4/c1-5-13-33(14-6-1)39-29-41(35-17-9-3-10-18-35)45(43-39)37-25-21-31(22-26-37)32-23-27-38(28-24-32)46-42(36-19-11-4-12-20-36)30-40(44-46)34-15-7-2-8-16-34/h1-28,41-42H,29-30H2/q+2/t41-,42-/m1/s1. The van der Waals surface area contributed by atoms with E-state index < -0.39 is 0 Å². The maximum Gasteiger partial charge on any atom is 0.232 e. The Labute approximate surface area is 270 Å². The molecule has 0 saturated heterocycles. The zero-order chi connectivity index (χ0) is 30.7. The van der Waals surface area contributed by atoms with Gasteiger partial charge in [-0.05, 0) is 45.7 Å². The van der Waals surface area contributed by atoms with Crippen molar-refractivity contribution < 1.29 is 9.37 Å². The summed E-state index contributed by atoms with van der Waals surface area (Å²) in [5.74, 6) is 0. The molecule has 4 heteroatoms. The van der Waals surface area contributed by atoms with E-state index in [4.69, 9.17) is 10.2 Å². The van der Waals surface area contributed by atoms with Gasteiger partial charge in [0.15, 0.2) is 0 Å². The number of hydrogen-bond acceptors (Lipinski definition) is 2. The zero-order valence-corrected chi connectivity index (χ0v) is 25.5. The highest BCUT2D eigenvalue weighted by Gasteiger charge is 2.37. The fourth-order valence-electron chi connectivity index (χ4n) is 6.59. The first kappa shape index (κ1) is 27.8. The van der Waals surface area contributed by atoms with Gasteiger partial charge in [-0.1, -0.05) is 131 Å². The Bertz CT molecular complexity index is 1870. The lowest BCUT2D eigenvalue weighted by Gasteiger charge is -2.11. The molecule has 0 aromatic heterocycles. The van der Waals surface area contributed by atoms with E-state index >= 15 is 0 Å².